The molecule has 2 heterocycles. The Hall–Kier alpha value is -2.53. The Bertz CT molecular complexity index is 844. The molecule has 0 amide bonds. The summed E-state index contributed by atoms with van der Waals surface area (Å²) in [6.45, 7) is 19.8. The average molecular weight is 508 g/mol. The van der Waals surface area contributed by atoms with E-state index in [-0.39, 0.29) is 30.3 Å². The van der Waals surface area contributed by atoms with Crippen LogP contribution in [-0.2, 0) is 19.0 Å². The number of rotatable bonds is 8. The third-order valence-electron chi connectivity index (χ3n) is 5.74. The molecule has 1 aromatic carbocycles. The fraction of sp³-hybridized carbons (Fsp3) is 0.654. The van der Waals surface area contributed by atoms with Gasteiger partial charge in [0.15, 0.2) is 0 Å². The molecule has 0 radical (unpaired) electrons. The minimum Gasteiger partial charge on any atom is -0.492 e. The van der Waals surface area contributed by atoms with Crippen LogP contribution in [0.3, 0.4) is 0 Å². The van der Waals surface area contributed by atoms with Crippen molar-refractivity contribution in [3.05, 3.63) is 40.5 Å². The maximum absolute atomic E-state index is 12.2. The zero-order valence-corrected chi connectivity index (χ0v) is 22.2. The van der Waals surface area contributed by atoms with Crippen LogP contribution in [0.1, 0.15) is 40.2 Å². The lowest BCUT2D eigenvalue weighted by Gasteiger charge is -2.44. The Labute approximate surface area is 214 Å². The molecule has 2 aliphatic rings. The number of benzene rings is 1. The maximum Gasteiger partial charge on any atom is 0.320 e. The van der Waals surface area contributed by atoms with Crippen molar-refractivity contribution < 1.29 is 28.7 Å². The number of piperazine rings is 1. The zero-order valence-electron chi connectivity index (χ0n) is 22.2. The predicted molar refractivity (Wildman–Crippen MR) is 138 cm³/mol. The van der Waals surface area contributed by atoms with Gasteiger partial charge in [0.05, 0.1) is 37.9 Å². The highest BCUT2D eigenvalue weighted by Crippen LogP contribution is 2.25. The first kappa shape index (κ1) is 29.7. The monoisotopic (exact) mass is 507 g/mol. The molecule has 0 aliphatic carbocycles. The highest BCUT2D eigenvalue weighted by Gasteiger charge is 2.31. The molecule has 3 rings (SSSR count). The van der Waals surface area contributed by atoms with Crippen LogP contribution >= 0.6 is 0 Å². The van der Waals surface area contributed by atoms with Crippen LogP contribution in [0, 0.1) is 10.1 Å². The van der Waals surface area contributed by atoms with E-state index in [0.717, 1.165) is 46.1 Å². The quantitative estimate of drug-likeness (QED) is 0.297. The fourth-order valence-electron chi connectivity index (χ4n) is 4.15. The molecule has 2 saturated heterocycles. The summed E-state index contributed by atoms with van der Waals surface area (Å²) in [4.78, 5) is 27.2. The predicted octanol–water partition coefficient (Wildman–Crippen LogP) is 3.39. The molecular formula is C26H41N3O7. The van der Waals surface area contributed by atoms with Gasteiger partial charge in [0.2, 0.25) is 0 Å². The second-order valence-corrected chi connectivity index (χ2v) is 9.97. The topological polar surface area (TPSA) is 104 Å². The van der Waals surface area contributed by atoms with E-state index in [2.05, 4.69) is 30.2 Å². The van der Waals surface area contributed by atoms with Gasteiger partial charge in [0.25, 0.3) is 5.69 Å². The van der Waals surface area contributed by atoms with Crippen molar-refractivity contribution in [1.82, 2.24) is 9.80 Å². The van der Waals surface area contributed by atoms with Crippen LogP contribution in [0.2, 0.25) is 0 Å². The van der Waals surface area contributed by atoms with Crippen molar-refractivity contribution in [3.8, 4) is 5.75 Å². The number of ether oxygens (including phenoxy) is 4. The summed E-state index contributed by atoms with van der Waals surface area (Å²) in [5.41, 5.74) is 0.138. The summed E-state index contributed by atoms with van der Waals surface area (Å²) in [6, 6.07) is 4.93. The number of carbonyl (C=O) groups excluding carboxylic acids is 1. The number of carbonyl (C=O) groups is 1. The molecule has 2 aliphatic heterocycles. The largest absolute Gasteiger partial charge is 0.492 e. The molecule has 2 atom stereocenters. The normalized spacial score (nSPS) is 21.1. The van der Waals surface area contributed by atoms with Crippen molar-refractivity contribution in [1.29, 1.82) is 0 Å². The first-order valence-electron chi connectivity index (χ1n) is 12.4. The number of nitro groups is 1. The van der Waals surface area contributed by atoms with Gasteiger partial charge in [0, 0.05) is 49.4 Å². The van der Waals surface area contributed by atoms with Crippen LogP contribution in [0.25, 0.3) is 6.08 Å². The number of esters is 1. The van der Waals surface area contributed by atoms with E-state index in [0.29, 0.717) is 17.9 Å². The van der Waals surface area contributed by atoms with Crippen LogP contribution < -0.4 is 4.74 Å². The Balaban J connectivity index is 0.000000662. The van der Waals surface area contributed by atoms with Crippen LogP contribution in [0.5, 0.6) is 5.75 Å². The summed E-state index contributed by atoms with van der Waals surface area (Å²) in [5.74, 6) is 0.383. The highest BCUT2D eigenvalue weighted by molar-refractivity contribution is 5.72. The molecule has 0 N–H and O–H groups in total. The van der Waals surface area contributed by atoms with Gasteiger partial charge in [-0.25, -0.2) is 0 Å². The Kier molecular flexibility index (Phi) is 11.8. The van der Waals surface area contributed by atoms with Gasteiger partial charge >= 0.3 is 5.97 Å². The highest BCUT2D eigenvalue weighted by atomic mass is 16.6. The summed E-state index contributed by atoms with van der Waals surface area (Å²) in [5, 5.41) is 10.9. The van der Waals surface area contributed by atoms with Gasteiger partial charge in [-0.1, -0.05) is 12.7 Å². The molecule has 0 spiro atoms. The molecule has 36 heavy (non-hydrogen) atoms. The average Bonchev–Trinajstić information content (AvgIpc) is 2.82. The third-order valence-corrected chi connectivity index (χ3v) is 5.74. The molecule has 2 fully saturated rings. The van der Waals surface area contributed by atoms with Crippen molar-refractivity contribution in [3.63, 3.8) is 0 Å². The lowest BCUT2D eigenvalue weighted by Crippen LogP contribution is -2.58. The number of nitro benzene ring substituents is 1. The molecule has 0 bridgehead atoms. The van der Waals surface area contributed by atoms with E-state index in [1.165, 1.54) is 12.1 Å². The van der Waals surface area contributed by atoms with Crippen LogP contribution in [0.4, 0.5) is 5.69 Å². The Morgan fingerprint density at radius 1 is 1.17 bits per heavy atom. The number of hydrogen-bond acceptors (Lipinski definition) is 9. The second kappa shape index (κ2) is 14.3. The number of non-ortho nitro benzene ring substituents is 1. The summed E-state index contributed by atoms with van der Waals surface area (Å²) >= 11 is 0. The number of nitrogens with zero attached hydrogens (tertiary/aromatic N) is 3. The molecule has 10 nitrogen and oxygen atoms in total. The summed E-state index contributed by atoms with van der Waals surface area (Å²) in [6.07, 6.45) is 1.56. The first-order chi connectivity index (χ1) is 17.0. The van der Waals surface area contributed by atoms with Crippen molar-refractivity contribution >= 4 is 17.7 Å². The molecule has 0 aromatic heterocycles. The van der Waals surface area contributed by atoms with E-state index in [9.17, 15) is 14.9 Å². The minimum absolute atomic E-state index is 0.0148. The maximum atomic E-state index is 12.2. The third kappa shape index (κ3) is 10.2. The molecule has 202 valence electrons. The molecular weight excluding hydrogens is 466 g/mol. The van der Waals surface area contributed by atoms with E-state index in [4.69, 9.17) is 18.9 Å². The van der Waals surface area contributed by atoms with Crippen molar-refractivity contribution in [2.45, 2.75) is 52.3 Å². The Morgan fingerprint density at radius 2 is 1.75 bits per heavy atom. The summed E-state index contributed by atoms with van der Waals surface area (Å²) in [7, 11) is 0. The molecule has 1 aromatic rings. The standard InChI is InChI=1S/C22H33N3O5.C4H8O2/c1-7-18-12-19(25(27)28)8-9-20(18)29-11-10-23-13-16(2)24(17(3)14-23)15-21(26)30-22(4,5)6;1-2-6-4-3-5-1/h7-9,12,16-17H,1,10-11,13-15H2,2-6H3;1-4H2/t16-,17+;. The van der Waals surface area contributed by atoms with Crippen LogP contribution in [0.15, 0.2) is 24.8 Å². The zero-order chi connectivity index (χ0) is 26.7. The lowest BCUT2D eigenvalue weighted by molar-refractivity contribution is -0.384. The molecule has 0 saturated carbocycles. The Morgan fingerprint density at radius 3 is 2.22 bits per heavy atom. The summed E-state index contributed by atoms with van der Waals surface area (Å²) < 4.78 is 21.2. The van der Waals surface area contributed by atoms with E-state index < -0.39 is 10.5 Å². The molecule has 10 heteroatoms. The van der Waals surface area contributed by atoms with E-state index in [1.54, 1.807) is 12.1 Å². The van der Waals surface area contributed by atoms with Gasteiger partial charge in [-0.15, -0.1) is 0 Å². The van der Waals surface area contributed by atoms with Gasteiger partial charge in [-0.3, -0.25) is 24.7 Å². The second-order valence-electron chi connectivity index (χ2n) is 9.97. The van der Waals surface area contributed by atoms with Crippen molar-refractivity contribution in [2.75, 3.05) is 59.2 Å². The van der Waals surface area contributed by atoms with Gasteiger partial charge in [0.1, 0.15) is 18.0 Å². The number of hydrogen-bond donors (Lipinski definition) is 0. The fourth-order valence-corrected chi connectivity index (χ4v) is 4.15. The van der Waals surface area contributed by atoms with Crippen molar-refractivity contribution in [2.24, 2.45) is 0 Å². The smallest absolute Gasteiger partial charge is 0.320 e. The van der Waals surface area contributed by atoms with E-state index >= 15 is 0 Å². The van der Waals surface area contributed by atoms with Crippen LogP contribution in [-0.4, -0.2) is 97.6 Å². The van der Waals surface area contributed by atoms with E-state index in [1.807, 2.05) is 20.8 Å². The SMILES string of the molecule is C1COCCO1.C=Cc1cc([N+](=O)[O-])ccc1OCCN1C[C@@H](C)N(CC(=O)OC(C)(C)C)[C@@H](C)C1. The minimum atomic E-state index is -0.481. The molecule has 0 unspecified atom stereocenters. The lowest BCUT2D eigenvalue weighted by atomic mass is 10.1. The van der Waals surface area contributed by atoms with Gasteiger partial charge < -0.3 is 18.9 Å². The first-order valence-corrected chi connectivity index (χ1v) is 12.4. The van der Waals surface area contributed by atoms with Gasteiger partial charge in [-0.05, 0) is 40.7 Å². The van der Waals surface area contributed by atoms with Gasteiger partial charge in [-0.2, -0.15) is 0 Å².